The molecular formula is C99H70F10N2. The van der Waals surface area contributed by atoms with E-state index < -0.39 is 85.5 Å². The predicted octanol–water partition coefficient (Wildman–Crippen LogP) is 27.0. The largest absolute Gasteiger partial charge is 0.310 e. The van der Waals surface area contributed by atoms with Gasteiger partial charge in [-0.1, -0.05) is 273 Å². The summed E-state index contributed by atoms with van der Waals surface area (Å²) in [4.78, 5) is 4.06. The van der Waals surface area contributed by atoms with Gasteiger partial charge in [-0.05, 0) is 195 Å². The van der Waals surface area contributed by atoms with Crippen molar-refractivity contribution in [2.24, 2.45) is 0 Å². The summed E-state index contributed by atoms with van der Waals surface area (Å²) >= 11 is 0. The molecule has 546 valence electrons. The van der Waals surface area contributed by atoms with Gasteiger partial charge in [0.2, 0.25) is 11.6 Å². The Balaban J connectivity index is 0.929. The quantitative estimate of drug-likeness (QED) is 0.0608. The molecule has 0 heterocycles. The van der Waals surface area contributed by atoms with Crippen molar-refractivity contribution in [2.45, 2.75) is 68.6 Å². The van der Waals surface area contributed by atoms with Crippen LogP contribution in [0.4, 0.5) is 78.0 Å². The normalized spacial score (nSPS) is 15.6. The molecule has 14 aromatic carbocycles. The predicted molar refractivity (Wildman–Crippen MR) is 425 cm³/mol. The van der Waals surface area contributed by atoms with Crippen LogP contribution in [0.5, 0.6) is 0 Å². The summed E-state index contributed by atoms with van der Waals surface area (Å²) in [6.07, 6.45) is 3.19. The summed E-state index contributed by atoms with van der Waals surface area (Å²) in [5.74, 6) is -20.8. The lowest BCUT2D eigenvalue weighted by molar-refractivity contribution is 0.363. The number of fused-ring (bicyclic) bond motifs is 9. The molecule has 2 atom stereocenters. The van der Waals surface area contributed by atoms with Crippen LogP contribution >= 0.6 is 0 Å². The maximum atomic E-state index is 17.4. The molecule has 0 fully saturated rings. The minimum atomic E-state index is -2.28. The van der Waals surface area contributed by atoms with E-state index in [4.69, 9.17) is 0 Å². The van der Waals surface area contributed by atoms with E-state index in [1.807, 2.05) is 107 Å². The zero-order valence-corrected chi connectivity index (χ0v) is 61.3. The summed E-state index contributed by atoms with van der Waals surface area (Å²) in [7, 11) is 0. The number of benzene rings is 14. The van der Waals surface area contributed by atoms with Gasteiger partial charge in [0.05, 0.1) is 16.2 Å². The van der Waals surface area contributed by atoms with E-state index in [9.17, 15) is 0 Å². The Morgan fingerprint density at radius 1 is 0.243 bits per heavy atom. The Morgan fingerprint density at radius 2 is 0.486 bits per heavy atom. The SMILES string of the molecule is C=Cc1ccc(C2(c3c(F)c(F)c(F)c(F)c3F)c3ccccc3-c3ccc(N(c4ccccc4)c4ccc5c(c4)C(c4ccc(C(C)(C)C)cc4)(c4ccc(C(C)(C)C)cc4)c4cc(N(c6ccccc6)c6ccc7c(c6)C(c6ccc(C=C)cc6)(c6c(F)c(F)c(F)c(F)c6F)c6ccccc6-7)ccc4-5)cc32)cc1. The van der Waals surface area contributed by atoms with Crippen molar-refractivity contribution in [2.75, 3.05) is 9.80 Å². The molecule has 0 spiro atoms. The second-order valence-electron chi connectivity index (χ2n) is 30.8. The Morgan fingerprint density at radius 3 is 0.775 bits per heavy atom. The third kappa shape index (κ3) is 10.6. The maximum Gasteiger partial charge on any atom is 0.200 e. The Bertz CT molecular complexity index is 5700. The lowest BCUT2D eigenvalue weighted by Gasteiger charge is -2.37. The van der Waals surface area contributed by atoms with Gasteiger partial charge in [0.25, 0.3) is 0 Å². The molecule has 2 nitrogen and oxygen atoms in total. The highest BCUT2D eigenvalue weighted by molar-refractivity contribution is 5.95. The number of hydrogen-bond acceptors (Lipinski definition) is 2. The van der Waals surface area contributed by atoms with Crippen LogP contribution in [0.15, 0.2) is 292 Å². The average Bonchev–Trinajstić information content (AvgIpc) is 1.56. The van der Waals surface area contributed by atoms with Crippen molar-refractivity contribution in [1.29, 1.82) is 0 Å². The third-order valence-corrected chi connectivity index (χ3v) is 22.9. The second kappa shape index (κ2) is 26.4. The lowest BCUT2D eigenvalue weighted by Crippen LogP contribution is -2.33. The van der Waals surface area contributed by atoms with Crippen LogP contribution in [0, 0.1) is 58.2 Å². The van der Waals surface area contributed by atoms with Crippen LogP contribution in [0.2, 0.25) is 0 Å². The first kappa shape index (κ1) is 71.4. The van der Waals surface area contributed by atoms with Gasteiger partial charge in [-0.25, -0.2) is 43.9 Å². The van der Waals surface area contributed by atoms with Gasteiger partial charge >= 0.3 is 0 Å². The molecule has 0 radical (unpaired) electrons. The summed E-state index contributed by atoms with van der Waals surface area (Å²) in [5, 5.41) is 0. The van der Waals surface area contributed by atoms with E-state index >= 15 is 43.9 Å². The molecule has 0 N–H and O–H groups in total. The molecule has 0 saturated carbocycles. The minimum absolute atomic E-state index is 0.236. The van der Waals surface area contributed by atoms with Gasteiger partial charge in [0.1, 0.15) is 0 Å². The molecule has 0 aliphatic heterocycles. The lowest BCUT2D eigenvalue weighted by atomic mass is 9.66. The topological polar surface area (TPSA) is 6.48 Å². The van der Waals surface area contributed by atoms with Crippen LogP contribution < -0.4 is 9.80 Å². The highest BCUT2D eigenvalue weighted by atomic mass is 19.2. The Hall–Kier alpha value is -12.5. The molecule has 2 unspecified atom stereocenters. The van der Waals surface area contributed by atoms with Crippen molar-refractivity contribution in [3.63, 3.8) is 0 Å². The molecule has 0 amide bonds. The fourth-order valence-corrected chi connectivity index (χ4v) is 17.7. The van der Waals surface area contributed by atoms with Gasteiger partial charge in [-0.15, -0.1) is 0 Å². The van der Waals surface area contributed by atoms with Gasteiger partial charge in [0.15, 0.2) is 46.5 Å². The molecule has 0 aromatic heterocycles. The van der Waals surface area contributed by atoms with Crippen LogP contribution in [-0.2, 0) is 27.1 Å². The van der Waals surface area contributed by atoms with E-state index in [-0.39, 0.29) is 33.1 Å². The standard InChI is InChI=1S/C99H70F10N2/c1-9-57-29-33-63(34-30-57)98(83-85(100)89(104)93(108)90(105)86(83)101)77-27-19-17-25-71(77)73-49-45-69(55-81(73)98)110(65-21-13-11-14-22-65)67-47-51-75-76-52-48-68(54-80(76)97(79(75)53-67,61-41-37-59(38-42-61)95(3,4)5)62-43-39-60(40-44-62)96(6,7)8)111(66-23-15-12-16-24-66)70-46-50-74-72-26-18-20-28-78(72)99(82(74)56-70,64-35-31-58(10-2)32-36-64)84-87(102)91(106)94(109)92(107)88(84)103/h9-56H,1-2H2,3-8H3. The van der Waals surface area contributed by atoms with Gasteiger partial charge in [-0.2, -0.15) is 0 Å². The smallest absolute Gasteiger partial charge is 0.200 e. The van der Waals surface area contributed by atoms with Crippen LogP contribution in [0.25, 0.3) is 45.5 Å². The van der Waals surface area contributed by atoms with Crippen molar-refractivity contribution < 1.29 is 43.9 Å². The molecule has 14 aromatic rings. The Kier molecular flexibility index (Phi) is 17.0. The Labute approximate surface area is 637 Å². The number of nitrogens with zero attached hydrogens (tertiary/aromatic N) is 2. The second-order valence-corrected chi connectivity index (χ2v) is 30.8. The number of halogens is 10. The van der Waals surface area contributed by atoms with E-state index in [0.29, 0.717) is 78.6 Å². The molecule has 3 aliphatic carbocycles. The zero-order valence-electron chi connectivity index (χ0n) is 61.3. The van der Waals surface area contributed by atoms with Crippen LogP contribution in [0.3, 0.4) is 0 Å². The molecule has 111 heavy (non-hydrogen) atoms. The minimum Gasteiger partial charge on any atom is -0.310 e. The molecule has 0 bridgehead atoms. The van der Waals surface area contributed by atoms with E-state index in [0.717, 1.165) is 44.5 Å². The molecule has 3 aliphatic rings. The highest BCUT2D eigenvalue weighted by Gasteiger charge is 2.54. The van der Waals surface area contributed by atoms with Crippen molar-refractivity contribution >= 4 is 46.3 Å². The highest BCUT2D eigenvalue weighted by Crippen LogP contribution is 2.64. The fraction of sp³-hybridized carbons (Fsp3) is 0.111. The summed E-state index contributed by atoms with van der Waals surface area (Å²) in [6, 6.07) is 87.2. The summed E-state index contributed by atoms with van der Waals surface area (Å²) in [6.45, 7) is 20.8. The zero-order chi connectivity index (χ0) is 77.5. The van der Waals surface area contributed by atoms with Crippen molar-refractivity contribution in [3.05, 3.63) is 439 Å². The molecular weight excluding hydrogens is 1410 g/mol. The van der Waals surface area contributed by atoms with Gasteiger partial charge in [0, 0.05) is 45.3 Å². The number of anilines is 6. The summed E-state index contributed by atoms with van der Waals surface area (Å²) in [5.41, 5.74) is 7.69. The molecule has 17 rings (SSSR count). The van der Waals surface area contributed by atoms with Gasteiger partial charge in [-0.3, -0.25) is 0 Å². The fourth-order valence-electron chi connectivity index (χ4n) is 17.7. The van der Waals surface area contributed by atoms with E-state index in [1.54, 1.807) is 121 Å². The average molecular weight is 1480 g/mol. The monoisotopic (exact) mass is 1480 g/mol. The number of rotatable bonds is 14. The van der Waals surface area contributed by atoms with Crippen LogP contribution in [0.1, 0.15) is 131 Å². The van der Waals surface area contributed by atoms with Gasteiger partial charge < -0.3 is 9.80 Å². The van der Waals surface area contributed by atoms with E-state index in [1.165, 1.54) is 0 Å². The molecule has 12 heteroatoms. The third-order valence-electron chi connectivity index (χ3n) is 22.9. The summed E-state index contributed by atoms with van der Waals surface area (Å²) < 4.78 is 165. The van der Waals surface area contributed by atoms with Crippen LogP contribution in [-0.4, -0.2) is 0 Å². The van der Waals surface area contributed by atoms with Crippen molar-refractivity contribution in [3.8, 4) is 33.4 Å². The first-order chi connectivity index (χ1) is 53.4. The number of hydrogen-bond donors (Lipinski definition) is 0. The first-order valence-corrected chi connectivity index (χ1v) is 36.6. The molecule has 0 saturated heterocycles. The van der Waals surface area contributed by atoms with Crippen molar-refractivity contribution in [1.82, 2.24) is 0 Å². The first-order valence-electron chi connectivity index (χ1n) is 36.6. The number of para-hydroxylation sites is 2. The maximum absolute atomic E-state index is 17.4. The van der Waals surface area contributed by atoms with E-state index in [2.05, 4.69) is 127 Å².